The molecule has 0 fully saturated rings. The molecule has 2 aromatic rings. The Morgan fingerprint density at radius 2 is 1.61 bits per heavy atom. The van der Waals surface area contributed by atoms with Crippen molar-refractivity contribution in [3.63, 3.8) is 0 Å². The Morgan fingerprint density at radius 3 is 2.13 bits per heavy atom. The summed E-state index contributed by atoms with van der Waals surface area (Å²) in [6.07, 6.45) is 0. The number of anilines is 2. The number of nitro groups is 2. The van der Waals surface area contributed by atoms with Crippen LogP contribution in [0, 0.1) is 20.2 Å². The van der Waals surface area contributed by atoms with Crippen molar-refractivity contribution in [3.05, 3.63) is 50.6 Å². The third-order valence-corrected chi connectivity index (χ3v) is 4.67. The van der Waals surface area contributed by atoms with E-state index < -0.39 is 46.7 Å². The van der Waals surface area contributed by atoms with Gasteiger partial charge in [-0.15, -0.1) is 0 Å². The Balaban J connectivity index is 2.78. The standard InChI is InChI=1S/C11H9N5O6S/c12-10-4-3-8(11(13)14-10)23(21,22)9-5-6(15(17)18)1-2-7(9)16(19)20/h1-5H,(H4,12,13,14). The Hall–Kier alpha value is -3.28. The second-order valence-electron chi connectivity index (χ2n) is 4.29. The molecule has 0 bridgehead atoms. The minimum absolute atomic E-state index is 0.0463. The van der Waals surface area contributed by atoms with E-state index in [9.17, 15) is 28.6 Å². The number of nitrogens with two attached hydrogens (primary N) is 2. The molecular weight excluding hydrogens is 330 g/mol. The van der Waals surface area contributed by atoms with Gasteiger partial charge in [-0.2, -0.15) is 0 Å². The largest absolute Gasteiger partial charge is 0.384 e. The lowest BCUT2D eigenvalue weighted by Gasteiger charge is -2.08. The number of hydrogen-bond acceptors (Lipinski definition) is 9. The Bertz CT molecular complexity index is 926. The molecule has 0 saturated heterocycles. The van der Waals surface area contributed by atoms with Gasteiger partial charge in [0.2, 0.25) is 9.84 Å². The molecule has 2 rings (SSSR count). The van der Waals surface area contributed by atoms with E-state index in [1.54, 1.807) is 0 Å². The highest BCUT2D eigenvalue weighted by atomic mass is 32.2. The van der Waals surface area contributed by atoms with E-state index in [1.165, 1.54) is 0 Å². The van der Waals surface area contributed by atoms with E-state index in [4.69, 9.17) is 11.5 Å². The van der Waals surface area contributed by atoms with Gasteiger partial charge in [-0.1, -0.05) is 0 Å². The number of aromatic nitrogens is 1. The SMILES string of the molecule is Nc1ccc(S(=O)(=O)c2cc([N+](=O)[O-])ccc2[N+](=O)[O-])c(N)n1. The van der Waals surface area contributed by atoms with E-state index in [1.807, 2.05) is 0 Å². The number of nitro benzene ring substituents is 2. The van der Waals surface area contributed by atoms with Gasteiger partial charge in [-0.25, -0.2) is 13.4 Å². The Labute approximate surface area is 128 Å². The summed E-state index contributed by atoms with van der Waals surface area (Å²) < 4.78 is 25.2. The van der Waals surface area contributed by atoms with Crippen LogP contribution in [-0.4, -0.2) is 23.2 Å². The minimum atomic E-state index is -4.51. The number of rotatable bonds is 4. The Morgan fingerprint density at radius 1 is 0.957 bits per heavy atom. The van der Waals surface area contributed by atoms with Crippen molar-refractivity contribution in [2.24, 2.45) is 0 Å². The number of nitrogens with zero attached hydrogens (tertiary/aromatic N) is 3. The van der Waals surface area contributed by atoms with Crippen LogP contribution in [0.1, 0.15) is 0 Å². The molecule has 4 N–H and O–H groups in total. The normalized spacial score (nSPS) is 11.1. The summed E-state index contributed by atoms with van der Waals surface area (Å²) in [5.41, 5.74) is 9.44. The van der Waals surface area contributed by atoms with Gasteiger partial charge >= 0.3 is 0 Å². The quantitative estimate of drug-likeness (QED) is 0.602. The lowest BCUT2D eigenvalue weighted by molar-refractivity contribution is -0.391. The molecular formula is C11H9N5O6S. The molecule has 12 heteroatoms. The van der Waals surface area contributed by atoms with Crippen LogP contribution in [0.3, 0.4) is 0 Å². The zero-order valence-corrected chi connectivity index (χ0v) is 12.1. The molecule has 0 aliphatic carbocycles. The Kier molecular flexibility index (Phi) is 3.84. The van der Waals surface area contributed by atoms with Crippen LogP contribution in [0.5, 0.6) is 0 Å². The number of non-ortho nitro benzene ring substituents is 1. The predicted molar refractivity (Wildman–Crippen MR) is 78.3 cm³/mol. The first kappa shape index (κ1) is 16.1. The van der Waals surface area contributed by atoms with Crippen molar-refractivity contribution in [1.29, 1.82) is 0 Å². The van der Waals surface area contributed by atoms with Crippen molar-refractivity contribution in [2.75, 3.05) is 11.5 Å². The number of nitrogen functional groups attached to an aromatic ring is 2. The van der Waals surface area contributed by atoms with Crippen molar-refractivity contribution in [3.8, 4) is 0 Å². The molecule has 0 aliphatic heterocycles. The molecule has 23 heavy (non-hydrogen) atoms. The first-order valence-electron chi connectivity index (χ1n) is 5.84. The van der Waals surface area contributed by atoms with E-state index in [2.05, 4.69) is 4.98 Å². The summed E-state index contributed by atoms with van der Waals surface area (Å²) in [6, 6.07) is 4.35. The van der Waals surface area contributed by atoms with Gasteiger partial charge in [0, 0.05) is 18.2 Å². The number of benzene rings is 1. The average molecular weight is 339 g/mol. The maximum Gasteiger partial charge on any atom is 0.288 e. The molecule has 0 unspecified atom stereocenters. The summed E-state index contributed by atoms with van der Waals surface area (Å²) in [6.45, 7) is 0. The molecule has 1 aromatic carbocycles. The highest BCUT2D eigenvalue weighted by molar-refractivity contribution is 7.91. The highest BCUT2D eigenvalue weighted by Gasteiger charge is 2.31. The summed E-state index contributed by atoms with van der Waals surface area (Å²) in [5, 5.41) is 21.8. The van der Waals surface area contributed by atoms with E-state index >= 15 is 0 Å². The number of sulfone groups is 1. The van der Waals surface area contributed by atoms with Crippen LogP contribution in [-0.2, 0) is 9.84 Å². The molecule has 0 radical (unpaired) electrons. The minimum Gasteiger partial charge on any atom is -0.384 e. The molecule has 0 saturated carbocycles. The molecule has 1 heterocycles. The van der Waals surface area contributed by atoms with Crippen LogP contribution in [0.2, 0.25) is 0 Å². The van der Waals surface area contributed by atoms with E-state index in [0.717, 1.165) is 24.3 Å². The summed E-state index contributed by atoms with van der Waals surface area (Å²) in [7, 11) is -4.51. The fourth-order valence-corrected chi connectivity index (χ4v) is 3.30. The van der Waals surface area contributed by atoms with Gasteiger partial charge in [0.1, 0.15) is 16.5 Å². The van der Waals surface area contributed by atoms with Crippen LogP contribution in [0.4, 0.5) is 23.0 Å². The predicted octanol–water partition coefficient (Wildman–Crippen LogP) is 0.895. The smallest absolute Gasteiger partial charge is 0.288 e. The highest BCUT2D eigenvalue weighted by Crippen LogP contribution is 2.34. The second-order valence-corrected chi connectivity index (χ2v) is 6.18. The molecule has 0 aliphatic rings. The lowest BCUT2D eigenvalue weighted by Crippen LogP contribution is -2.10. The molecule has 0 amide bonds. The fraction of sp³-hybridized carbons (Fsp3) is 0. The van der Waals surface area contributed by atoms with Gasteiger partial charge in [-0.05, 0) is 12.1 Å². The molecule has 11 nitrogen and oxygen atoms in total. The summed E-state index contributed by atoms with van der Waals surface area (Å²) in [4.78, 5) is 22.2. The fourth-order valence-electron chi connectivity index (χ4n) is 1.81. The number of pyridine rings is 1. The zero-order valence-electron chi connectivity index (χ0n) is 11.2. The van der Waals surface area contributed by atoms with Crippen molar-refractivity contribution in [2.45, 2.75) is 9.79 Å². The lowest BCUT2D eigenvalue weighted by atomic mass is 10.3. The monoisotopic (exact) mass is 339 g/mol. The van der Waals surface area contributed by atoms with Gasteiger partial charge < -0.3 is 11.5 Å². The van der Waals surface area contributed by atoms with Crippen LogP contribution in [0.15, 0.2) is 40.1 Å². The van der Waals surface area contributed by atoms with Crippen LogP contribution < -0.4 is 11.5 Å². The topological polar surface area (TPSA) is 185 Å². The third-order valence-electron chi connectivity index (χ3n) is 2.84. The first-order chi connectivity index (χ1) is 10.6. The third kappa shape index (κ3) is 2.87. The van der Waals surface area contributed by atoms with E-state index in [-0.39, 0.29) is 5.82 Å². The van der Waals surface area contributed by atoms with Gasteiger partial charge in [0.05, 0.1) is 9.85 Å². The van der Waals surface area contributed by atoms with Gasteiger partial charge in [0.15, 0.2) is 4.90 Å². The molecule has 1 aromatic heterocycles. The zero-order chi connectivity index (χ0) is 17.4. The van der Waals surface area contributed by atoms with Crippen molar-refractivity contribution < 1.29 is 18.3 Å². The summed E-state index contributed by atoms with van der Waals surface area (Å²) in [5.74, 6) is -0.513. The van der Waals surface area contributed by atoms with Gasteiger partial charge in [0.25, 0.3) is 11.4 Å². The summed E-state index contributed by atoms with van der Waals surface area (Å²) >= 11 is 0. The number of hydrogen-bond donors (Lipinski definition) is 2. The molecule has 0 spiro atoms. The maximum atomic E-state index is 12.6. The van der Waals surface area contributed by atoms with Crippen LogP contribution >= 0.6 is 0 Å². The van der Waals surface area contributed by atoms with Crippen molar-refractivity contribution in [1.82, 2.24) is 4.98 Å². The van der Waals surface area contributed by atoms with Crippen LogP contribution in [0.25, 0.3) is 0 Å². The van der Waals surface area contributed by atoms with Crippen molar-refractivity contribution >= 4 is 32.8 Å². The molecule has 120 valence electrons. The maximum absolute atomic E-state index is 12.6. The van der Waals surface area contributed by atoms with Gasteiger partial charge in [-0.3, -0.25) is 20.2 Å². The second kappa shape index (κ2) is 5.49. The average Bonchev–Trinajstić information content (AvgIpc) is 2.45. The first-order valence-corrected chi connectivity index (χ1v) is 7.33. The molecule has 0 atom stereocenters. The van der Waals surface area contributed by atoms with E-state index in [0.29, 0.717) is 6.07 Å².